The van der Waals surface area contributed by atoms with Gasteiger partial charge in [-0.1, -0.05) is 13.8 Å². The molecule has 0 aliphatic heterocycles. The standard InChI is InChI=1S/C14H20N4S/c1-4-18-11(5-6-16-18)13-17-10-8-14(2,3)7-9(15)12(10)19-13/h5-6,9H,4,7-8,15H2,1-3H3. The number of aryl methyl sites for hydroxylation is 1. The van der Waals surface area contributed by atoms with Crippen molar-refractivity contribution in [1.29, 1.82) is 0 Å². The van der Waals surface area contributed by atoms with Crippen molar-refractivity contribution in [1.82, 2.24) is 14.8 Å². The molecular formula is C14H20N4S. The monoisotopic (exact) mass is 276 g/mol. The third-order valence-electron chi connectivity index (χ3n) is 3.72. The van der Waals surface area contributed by atoms with Crippen molar-refractivity contribution in [2.45, 2.75) is 46.2 Å². The number of rotatable bonds is 2. The van der Waals surface area contributed by atoms with E-state index in [-0.39, 0.29) is 11.5 Å². The molecular weight excluding hydrogens is 256 g/mol. The van der Waals surface area contributed by atoms with Gasteiger partial charge in [0, 0.05) is 23.7 Å². The molecule has 0 amide bonds. The number of fused-ring (bicyclic) bond motifs is 1. The highest BCUT2D eigenvalue weighted by Gasteiger charge is 2.33. The molecule has 0 saturated heterocycles. The van der Waals surface area contributed by atoms with Gasteiger partial charge in [-0.2, -0.15) is 5.10 Å². The number of hydrogen-bond acceptors (Lipinski definition) is 4. The van der Waals surface area contributed by atoms with Crippen LogP contribution in [0.4, 0.5) is 0 Å². The fraction of sp³-hybridized carbons (Fsp3) is 0.571. The Bertz CT molecular complexity index is 596. The third-order valence-corrected chi connectivity index (χ3v) is 4.97. The van der Waals surface area contributed by atoms with Crippen molar-refractivity contribution in [3.05, 3.63) is 22.8 Å². The molecule has 2 N–H and O–H groups in total. The van der Waals surface area contributed by atoms with Gasteiger partial charge >= 0.3 is 0 Å². The summed E-state index contributed by atoms with van der Waals surface area (Å²) < 4.78 is 1.99. The van der Waals surface area contributed by atoms with E-state index in [2.05, 4.69) is 25.9 Å². The minimum Gasteiger partial charge on any atom is -0.323 e. The topological polar surface area (TPSA) is 56.7 Å². The second-order valence-electron chi connectivity index (χ2n) is 6.01. The van der Waals surface area contributed by atoms with E-state index in [1.807, 2.05) is 16.9 Å². The van der Waals surface area contributed by atoms with Crippen LogP contribution in [0.15, 0.2) is 12.3 Å². The van der Waals surface area contributed by atoms with Gasteiger partial charge in [-0.15, -0.1) is 11.3 Å². The van der Waals surface area contributed by atoms with E-state index in [0.29, 0.717) is 0 Å². The first kappa shape index (κ1) is 12.8. The molecule has 0 bridgehead atoms. The maximum absolute atomic E-state index is 6.31. The molecule has 5 heteroatoms. The molecule has 19 heavy (non-hydrogen) atoms. The van der Waals surface area contributed by atoms with E-state index in [9.17, 15) is 0 Å². The van der Waals surface area contributed by atoms with E-state index >= 15 is 0 Å². The molecule has 0 saturated carbocycles. The number of nitrogens with zero attached hydrogens (tertiary/aromatic N) is 3. The summed E-state index contributed by atoms with van der Waals surface area (Å²) in [5, 5.41) is 5.37. The highest BCUT2D eigenvalue weighted by Crippen LogP contribution is 2.43. The molecule has 1 aliphatic carbocycles. The molecule has 0 aromatic carbocycles. The van der Waals surface area contributed by atoms with Crippen LogP contribution in [0.25, 0.3) is 10.7 Å². The van der Waals surface area contributed by atoms with E-state index in [4.69, 9.17) is 10.7 Å². The zero-order chi connectivity index (χ0) is 13.6. The summed E-state index contributed by atoms with van der Waals surface area (Å²) in [5.41, 5.74) is 8.85. The number of aromatic nitrogens is 3. The van der Waals surface area contributed by atoms with E-state index in [1.165, 1.54) is 10.6 Å². The molecule has 0 fully saturated rings. The third kappa shape index (κ3) is 2.21. The minimum atomic E-state index is 0.128. The summed E-state index contributed by atoms with van der Waals surface area (Å²) in [6, 6.07) is 2.16. The van der Waals surface area contributed by atoms with Crippen molar-refractivity contribution in [3.63, 3.8) is 0 Å². The van der Waals surface area contributed by atoms with E-state index in [1.54, 1.807) is 11.3 Å². The smallest absolute Gasteiger partial charge is 0.142 e. The van der Waals surface area contributed by atoms with Crippen LogP contribution in [-0.4, -0.2) is 14.8 Å². The molecule has 2 aromatic heterocycles. The SMILES string of the molecule is CCn1nccc1-c1nc2c(s1)C(N)CC(C)(C)C2. The van der Waals surface area contributed by atoms with Crippen LogP contribution in [0.3, 0.4) is 0 Å². The molecule has 4 nitrogen and oxygen atoms in total. The van der Waals surface area contributed by atoms with Crippen LogP contribution in [0.2, 0.25) is 0 Å². The van der Waals surface area contributed by atoms with Gasteiger partial charge in [0.1, 0.15) is 5.01 Å². The second kappa shape index (κ2) is 4.42. The predicted molar refractivity (Wildman–Crippen MR) is 78.0 cm³/mol. The molecule has 2 aromatic rings. The number of hydrogen-bond donors (Lipinski definition) is 1. The summed E-state index contributed by atoms with van der Waals surface area (Å²) in [5.74, 6) is 0. The van der Waals surface area contributed by atoms with Gasteiger partial charge in [0.05, 0.1) is 11.4 Å². The quantitative estimate of drug-likeness (QED) is 0.917. The number of thiazole rings is 1. The Morgan fingerprint density at radius 2 is 2.32 bits per heavy atom. The van der Waals surface area contributed by atoms with Crippen LogP contribution in [-0.2, 0) is 13.0 Å². The highest BCUT2D eigenvalue weighted by molar-refractivity contribution is 7.15. The first-order valence-electron chi connectivity index (χ1n) is 6.77. The Balaban J connectivity index is 2.04. The van der Waals surface area contributed by atoms with Gasteiger partial charge < -0.3 is 5.73 Å². The normalized spacial score (nSPS) is 21.4. The van der Waals surface area contributed by atoms with Crippen molar-refractivity contribution in [3.8, 4) is 10.7 Å². The van der Waals surface area contributed by atoms with Crippen molar-refractivity contribution >= 4 is 11.3 Å². The molecule has 0 radical (unpaired) electrons. The first-order valence-corrected chi connectivity index (χ1v) is 7.59. The maximum Gasteiger partial charge on any atom is 0.142 e. The Hall–Kier alpha value is -1.20. The van der Waals surface area contributed by atoms with Gasteiger partial charge in [-0.05, 0) is 31.2 Å². The second-order valence-corrected chi connectivity index (χ2v) is 7.04. The van der Waals surface area contributed by atoms with Crippen molar-refractivity contribution < 1.29 is 0 Å². The molecule has 1 atom stereocenters. The lowest BCUT2D eigenvalue weighted by Crippen LogP contribution is -2.28. The summed E-state index contributed by atoms with van der Waals surface area (Å²) in [6.45, 7) is 7.50. The van der Waals surface area contributed by atoms with Crippen molar-refractivity contribution in [2.75, 3.05) is 0 Å². The van der Waals surface area contributed by atoms with E-state index in [0.717, 1.165) is 30.1 Å². The molecule has 3 rings (SSSR count). The van der Waals surface area contributed by atoms with Crippen LogP contribution in [0.5, 0.6) is 0 Å². The zero-order valence-electron chi connectivity index (χ0n) is 11.7. The molecule has 1 aliphatic rings. The summed E-state index contributed by atoms with van der Waals surface area (Å²) in [4.78, 5) is 6.09. The minimum absolute atomic E-state index is 0.128. The Morgan fingerprint density at radius 1 is 1.53 bits per heavy atom. The number of nitrogens with two attached hydrogens (primary N) is 1. The molecule has 1 unspecified atom stereocenters. The highest BCUT2D eigenvalue weighted by atomic mass is 32.1. The first-order chi connectivity index (χ1) is 9.00. The average molecular weight is 276 g/mol. The van der Waals surface area contributed by atoms with Gasteiger partial charge in [-0.25, -0.2) is 4.98 Å². The molecule has 2 heterocycles. The summed E-state index contributed by atoms with van der Waals surface area (Å²) in [6.07, 6.45) is 3.89. The van der Waals surface area contributed by atoms with Gasteiger partial charge in [0.15, 0.2) is 0 Å². The fourth-order valence-electron chi connectivity index (χ4n) is 2.87. The lowest BCUT2D eigenvalue weighted by atomic mass is 9.77. The molecule has 0 spiro atoms. The van der Waals surface area contributed by atoms with Gasteiger partial charge in [0.2, 0.25) is 0 Å². The van der Waals surface area contributed by atoms with Crippen molar-refractivity contribution in [2.24, 2.45) is 11.1 Å². The Labute approximate surface area is 117 Å². The Morgan fingerprint density at radius 3 is 3.05 bits per heavy atom. The van der Waals surface area contributed by atoms with Crippen LogP contribution < -0.4 is 5.73 Å². The summed E-state index contributed by atoms with van der Waals surface area (Å²) in [7, 11) is 0. The largest absolute Gasteiger partial charge is 0.323 e. The Kier molecular flexibility index (Phi) is 2.98. The van der Waals surface area contributed by atoms with Gasteiger partial charge in [-0.3, -0.25) is 4.68 Å². The van der Waals surface area contributed by atoms with Crippen LogP contribution in [0, 0.1) is 5.41 Å². The average Bonchev–Trinajstić information content (AvgIpc) is 2.91. The van der Waals surface area contributed by atoms with E-state index < -0.39 is 0 Å². The maximum atomic E-state index is 6.31. The summed E-state index contributed by atoms with van der Waals surface area (Å²) >= 11 is 1.73. The molecule has 102 valence electrons. The predicted octanol–water partition coefficient (Wildman–Crippen LogP) is 3.00. The lowest BCUT2D eigenvalue weighted by Gasteiger charge is -2.32. The van der Waals surface area contributed by atoms with Crippen LogP contribution >= 0.6 is 11.3 Å². The fourth-order valence-corrected chi connectivity index (χ4v) is 3.98. The lowest BCUT2D eigenvalue weighted by molar-refractivity contribution is 0.282. The van der Waals surface area contributed by atoms with Gasteiger partial charge in [0.25, 0.3) is 0 Å². The zero-order valence-corrected chi connectivity index (χ0v) is 12.5. The van der Waals surface area contributed by atoms with Crippen LogP contribution in [0.1, 0.15) is 43.8 Å².